The molecule has 1 fully saturated rings. The molecule has 0 radical (unpaired) electrons. The second-order valence-electron chi connectivity index (χ2n) is 5.88. The smallest absolute Gasteiger partial charge is 0.153 e. The molecule has 1 saturated heterocycles. The van der Waals surface area contributed by atoms with Crippen LogP contribution in [-0.4, -0.2) is 23.9 Å². The molecule has 0 amide bonds. The van der Waals surface area contributed by atoms with Crippen molar-refractivity contribution in [2.45, 2.75) is 32.7 Å². The number of rotatable bonds is 2. The Morgan fingerprint density at radius 3 is 2.85 bits per heavy atom. The normalized spacial score (nSPS) is 23.0. The van der Waals surface area contributed by atoms with Crippen molar-refractivity contribution < 1.29 is 4.79 Å². The summed E-state index contributed by atoms with van der Waals surface area (Å²) in [5.41, 5.74) is 1.66. The number of carbonyl (C=O) groups excluding carboxylic acids is 1. The molecule has 2 aromatic rings. The van der Waals surface area contributed by atoms with E-state index in [0.29, 0.717) is 11.6 Å². The summed E-state index contributed by atoms with van der Waals surface area (Å²) in [6.45, 7) is 5.50. The summed E-state index contributed by atoms with van der Waals surface area (Å²) in [5, 5.41) is 1.02. The maximum atomic E-state index is 11.4. The molecule has 104 valence electrons. The van der Waals surface area contributed by atoms with Gasteiger partial charge in [0.15, 0.2) is 6.29 Å². The van der Waals surface area contributed by atoms with Crippen LogP contribution in [-0.2, 0) is 0 Å². The zero-order chi connectivity index (χ0) is 14.1. The standard InChI is InChI=1S/C17H20N2O/c1-12-7-8-19(13(2)9-12)17-15(11-20)10-14-5-3-4-6-16(14)18-17/h3-6,10-13H,7-9H2,1-2H3. The molecule has 3 rings (SSSR count). The first-order valence-electron chi connectivity index (χ1n) is 7.30. The second kappa shape index (κ2) is 5.23. The molecule has 3 heteroatoms. The van der Waals surface area contributed by atoms with Crippen LogP contribution in [0.4, 0.5) is 5.82 Å². The van der Waals surface area contributed by atoms with Gasteiger partial charge in [0.1, 0.15) is 5.82 Å². The van der Waals surface area contributed by atoms with Crippen LogP contribution in [0.15, 0.2) is 30.3 Å². The van der Waals surface area contributed by atoms with Crippen molar-refractivity contribution in [3.05, 3.63) is 35.9 Å². The highest BCUT2D eigenvalue weighted by Gasteiger charge is 2.25. The number of benzene rings is 1. The summed E-state index contributed by atoms with van der Waals surface area (Å²) >= 11 is 0. The van der Waals surface area contributed by atoms with Crippen molar-refractivity contribution in [1.29, 1.82) is 0 Å². The lowest BCUT2D eigenvalue weighted by atomic mass is 9.93. The minimum Gasteiger partial charge on any atom is -0.353 e. The number of hydrogen-bond acceptors (Lipinski definition) is 3. The van der Waals surface area contributed by atoms with Crippen molar-refractivity contribution >= 4 is 23.0 Å². The van der Waals surface area contributed by atoms with E-state index in [9.17, 15) is 4.79 Å². The fourth-order valence-corrected chi connectivity index (χ4v) is 3.16. The first-order valence-corrected chi connectivity index (χ1v) is 7.30. The Hall–Kier alpha value is -1.90. The van der Waals surface area contributed by atoms with Crippen molar-refractivity contribution in [3.8, 4) is 0 Å². The molecule has 0 spiro atoms. The van der Waals surface area contributed by atoms with E-state index in [1.54, 1.807) is 0 Å². The van der Waals surface area contributed by atoms with Gasteiger partial charge >= 0.3 is 0 Å². The lowest BCUT2D eigenvalue weighted by Crippen LogP contribution is -2.41. The lowest BCUT2D eigenvalue weighted by Gasteiger charge is -2.38. The van der Waals surface area contributed by atoms with Gasteiger partial charge in [-0.15, -0.1) is 0 Å². The Morgan fingerprint density at radius 2 is 2.10 bits per heavy atom. The fraction of sp³-hybridized carbons (Fsp3) is 0.412. The number of nitrogens with zero attached hydrogens (tertiary/aromatic N) is 2. The number of aromatic nitrogens is 1. The zero-order valence-electron chi connectivity index (χ0n) is 12.0. The van der Waals surface area contributed by atoms with Gasteiger partial charge in [0.05, 0.1) is 11.1 Å². The number of aldehydes is 1. The van der Waals surface area contributed by atoms with Gasteiger partial charge in [-0.25, -0.2) is 4.98 Å². The highest BCUT2D eigenvalue weighted by Crippen LogP contribution is 2.30. The molecule has 2 unspecified atom stereocenters. The Balaban J connectivity index is 2.07. The summed E-state index contributed by atoms with van der Waals surface area (Å²) in [6.07, 6.45) is 3.25. The molecule has 1 aromatic carbocycles. The number of anilines is 1. The van der Waals surface area contributed by atoms with Crippen molar-refractivity contribution in [2.24, 2.45) is 5.92 Å². The van der Waals surface area contributed by atoms with E-state index in [4.69, 9.17) is 4.98 Å². The van der Waals surface area contributed by atoms with Crippen LogP contribution in [0.3, 0.4) is 0 Å². The molecule has 2 heterocycles. The van der Waals surface area contributed by atoms with E-state index in [2.05, 4.69) is 18.7 Å². The quantitative estimate of drug-likeness (QED) is 0.779. The maximum absolute atomic E-state index is 11.4. The SMILES string of the molecule is CC1CCN(c2nc3ccccc3cc2C=O)C(C)C1. The van der Waals surface area contributed by atoms with Gasteiger partial charge in [0.25, 0.3) is 0 Å². The Kier molecular flexibility index (Phi) is 3.43. The van der Waals surface area contributed by atoms with Crippen LogP contribution >= 0.6 is 0 Å². The van der Waals surface area contributed by atoms with Crippen LogP contribution in [0, 0.1) is 5.92 Å². The third-order valence-electron chi connectivity index (χ3n) is 4.27. The minimum absolute atomic E-state index is 0.436. The predicted molar refractivity (Wildman–Crippen MR) is 82.3 cm³/mol. The molecule has 1 aromatic heterocycles. The van der Waals surface area contributed by atoms with E-state index >= 15 is 0 Å². The Bertz CT molecular complexity index is 638. The number of piperidine rings is 1. The van der Waals surface area contributed by atoms with Gasteiger partial charge in [0, 0.05) is 18.0 Å². The summed E-state index contributed by atoms with van der Waals surface area (Å²) in [4.78, 5) is 18.4. The fourth-order valence-electron chi connectivity index (χ4n) is 3.16. The average molecular weight is 268 g/mol. The van der Waals surface area contributed by atoms with Crippen LogP contribution in [0.5, 0.6) is 0 Å². The zero-order valence-corrected chi connectivity index (χ0v) is 12.0. The minimum atomic E-state index is 0.436. The van der Waals surface area contributed by atoms with Gasteiger partial charge in [0.2, 0.25) is 0 Å². The highest BCUT2D eigenvalue weighted by atomic mass is 16.1. The van der Waals surface area contributed by atoms with Gasteiger partial charge in [-0.05, 0) is 37.8 Å². The van der Waals surface area contributed by atoms with E-state index < -0.39 is 0 Å². The van der Waals surface area contributed by atoms with Crippen LogP contribution in [0.25, 0.3) is 10.9 Å². The third-order valence-corrected chi connectivity index (χ3v) is 4.27. The molecule has 0 N–H and O–H groups in total. The monoisotopic (exact) mass is 268 g/mol. The summed E-state index contributed by atoms with van der Waals surface area (Å²) in [6, 6.07) is 10.4. The summed E-state index contributed by atoms with van der Waals surface area (Å²) in [5.74, 6) is 1.60. The molecular formula is C17H20N2O. The van der Waals surface area contributed by atoms with E-state index in [-0.39, 0.29) is 0 Å². The number of hydrogen-bond donors (Lipinski definition) is 0. The molecule has 1 aliphatic rings. The summed E-state index contributed by atoms with van der Waals surface area (Å²) < 4.78 is 0. The number of pyridine rings is 1. The maximum Gasteiger partial charge on any atom is 0.153 e. The first-order chi connectivity index (χ1) is 9.69. The largest absolute Gasteiger partial charge is 0.353 e. The van der Waals surface area contributed by atoms with Gasteiger partial charge in [-0.1, -0.05) is 25.1 Å². The van der Waals surface area contributed by atoms with E-state index in [1.165, 1.54) is 0 Å². The molecule has 0 aliphatic carbocycles. The number of para-hydroxylation sites is 1. The molecule has 20 heavy (non-hydrogen) atoms. The Morgan fingerprint density at radius 1 is 1.30 bits per heavy atom. The Labute approximate surface area is 119 Å². The molecule has 2 atom stereocenters. The molecule has 1 aliphatic heterocycles. The van der Waals surface area contributed by atoms with Crippen LogP contribution in [0.1, 0.15) is 37.0 Å². The highest BCUT2D eigenvalue weighted by molar-refractivity contribution is 5.91. The number of carbonyl (C=O) groups is 1. The summed E-state index contributed by atoms with van der Waals surface area (Å²) in [7, 11) is 0. The molecule has 0 bridgehead atoms. The van der Waals surface area contributed by atoms with Crippen molar-refractivity contribution in [3.63, 3.8) is 0 Å². The average Bonchev–Trinajstić information content (AvgIpc) is 2.46. The van der Waals surface area contributed by atoms with Crippen LogP contribution in [0.2, 0.25) is 0 Å². The topological polar surface area (TPSA) is 33.2 Å². The molecular weight excluding hydrogens is 248 g/mol. The first kappa shape index (κ1) is 13.1. The van der Waals surface area contributed by atoms with E-state index in [1.807, 2.05) is 30.3 Å². The second-order valence-corrected chi connectivity index (χ2v) is 5.88. The lowest BCUT2D eigenvalue weighted by molar-refractivity contribution is 0.112. The molecule has 0 saturated carbocycles. The van der Waals surface area contributed by atoms with Gasteiger partial charge in [-0.3, -0.25) is 4.79 Å². The van der Waals surface area contributed by atoms with Crippen molar-refractivity contribution in [1.82, 2.24) is 4.98 Å². The third kappa shape index (κ3) is 2.28. The number of fused-ring (bicyclic) bond motifs is 1. The van der Waals surface area contributed by atoms with Gasteiger partial charge < -0.3 is 4.90 Å². The molecule has 3 nitrogen and oxygen atoms in total. The van der Waals surface area contributed by atoms with Crippen LogP contribution < -0.4 is 4.90 Å². The van der Waals surface area contributed by atoms with Gasteiger partial charge in [-0.2, -0.15) is 0 Å². The predicted octanol–water partition coefficient (Wildman–Crippen LogP) is 3.67. The van der Waals surface area contributed by atoms with Crippen molar-refractivity contribution in [2.75, 3.05) is 11.4 Å². The van der Waals surface area contributed by atoms with E-state index in [0.717, 1.165) is 48.3 Å².